The van der Waals surface area contributed by atoms with Crippen LogP contribution in [0.15, 0.2) is 0 Å². The van der Waals surface area contributed by atoms with Crippen LogP contribution in [0.1, 0.15) is 2.85 Å². The Hall–Kier alpha value is 1.27. The quantitative estimate of drug-likeness (QED) is 0.351. The molecule has 3 heteroatoms. The van der Waals surface area contributed by atoms with Crippen LogP contribution >= 0.6 is 11.1 Å². The van der Waals surface area contributed by atoms with Gasteiger partial charge in [0.1, 0.15) is 7.38 Å². The van der Waals surface area contributed by atoms with Crippen LogP contribution in [-0.2, 0) is 0 Å². The van der Waals surface area contributed by atoms with Crippen molar-refractivity contribution < 1.29 is 2.85 Å². The third kappa shape index (κ3) is 59.4. The van der Waals surface area contributed by atoms with Gasteiger partial charge >= 0.3 is 23.1 Å². The smallest absolute Gasteiger partial charge is 1.00 e. The van der Waals surface area contributed by atoms with Crippen LogP contribution in [0.2, 0.25) is 19.6 Å². The number of rotatable bonds is 0. The Morgan fingerprint density at radius 1 is 1.33 bits per heavy atom. The van der Waals surface area contributed by atoms with Crippen LogP contribution in [0.5, 0.6) is 0 Å². The Balaban J connectivity index is -0.0000000267. The SMILES string of the molecule is C[Si](C)(C)Cl.[H-].[H-].[Mg+2]. The Morgan fingerprint density at radius 3 is 1.33 bits per heavy atom. The van der Waals surface area contributed by atoms with Gasteiger partial charge in [0.2, 0.25) is 0 Å². The number of hydrogen-bond donors (Lipinski definition) is 0. The van der Waals surface area contributed by atoms with Crippen LogP contribution < -0.4 is 0 Å². The molecule has 36 valence electrons. The first-order chi connectivity index (χ1) is 2.00. The predicted molar refractivity (Wildman–Crippen MR) is 37.2 cm³/mol. The molecule has 0 bridgehead atoms. The van der Waals surface area contributed by atoms with Gasteiger partial charge in [0.15, 0.2) is 0 Å². The summed E-state index contributed by atoms with van der Waals surface area (Å²) in [6.07, 6.45) is 0. The Morgan fingerprint density at radius 2 is 1.33 bits per heavy atom. The van der Waals surface area contributed by atoms with Crippen molar-refractivity contribution in [2.24, 2.45) is 0 Å². The van der Waals surface area contributed by atoms with E-state index in [1.165, 1.54) is 0 Å². The summed E-state index contributed by atoms with van der Waals surface area (Å²) in [6.45, 7) is 6.28. The molecule has 0 N–H and O–H groups in total. The fourth-order valence-corrected chi connectivity index (χ4v) is 0. The molecular weight excluding hydrogens is 124 g/mol. The molecule has 6 heavy (non-hydrogen) atoms. The maximum atomic E-state index is 5.67. The molecule has 0 aromatic heterocycles. The minimum atomic E-state index is -1.14. The molecule has 0 spiro atoms. The zero-order valence-electron chi connectivity index (χ0n) is 6.59. The molecule has 0 aliphatic rings. The normalized spacial score (nSPS) is 10.0. The van der Waals surface area contributed by atoms with Crippen molar-refractivity contribution in [3.63, 3.8) is 0 Å². The topological polar surface area (TPSA) is 0 Å². The summed E-state index contributed by atoms with van der Waals surface area (Å²) in [7, 11) is -1.14. The van der Waals surface area contributed by atoms with Crippen LogP contribution in [0.25, 0.3) is 0 Å². The van der Waals surface area contributed by atoms with Crippen molar-refractivity contribution in [3.05, 3.63) is 0 Å². The maximum absolute atomic E-state index is 5.67. The van der Waals surface area contributed by atoms with Crippen LogP contribution in [0.4, 0.5) is 0 Å². The van der Waals surface area contributed by atoms with E-state index >= 15 is 0 Å². The molecular formula is C3H11ClMgSi. The van der Waals surface area contributed by atoms with Crippen molar-refractivity contribution in [2.45, 2.75) is 19.6 Å². The summed E-state index contributed by atoms with van der Waals surface area (Å²) in [5.74, 6) is 0. The van der Waals surface area contributed by atoms with Crippen molar-refractivity contribution in [2.75, 3.05) is 0 Å². The van der Waals surface area contributed by atoms with Crippen molar-refractivity contribution in [3.8, 4) is 0 Å². The molecule has 0 aliphatic carbocycles. The van der Waals surface area contributed by atoms with Gasteiger partial charge in [-0.2, -0.15) is 11.1 Å². The molecule has 0 saturated heterocycles. The van der Waals surface area contributed by atoms with Gasteiger partial charge in [-0.15, -0.1) is 0 Å². The molecule has 0 radical (unpaired) electrons. The van der Waals surface area contributed by atoms with Gasteiger partial charge in [-0.05, 0) is 0 Å². The summed E-state index contributed by atoms with van der Waals surface area (Å²) in [5, 5.41) is 0. The second-order valence-electron chi connectivity index (χ2n) is 2.07. The molecule has 0 amide bonds. The van der Waals surface area contributed by atoms with E-state index in [1.807, 2.05) is 0 Å². The predicted octanol–water partition coefficient (Wildman–Crippen LogP) is 1.90. The Kier molecular flexibility index (Phi) is 5.66. The van der Waals surface area contributed by atoms with Gasteiger partial charge in [-0.1, -0.05) is 19.6 Å². The average Bonchev–Trinajstić information content (AvgIpc) is 0.722. The van der Waals surface area contributed by atoms with Gasteiger partial charge in [-0.25, -0.2) is 0 Å². The molecule has 0 atom stereocenters. The van der Waals surface area contributed by atoms with E-state index in [0.717, 1.165) is 0 Å². The Labute approximate surface area is 64.1 Å². The summed E-state index contributed by atoms with van der Waals surface area (Å²) in [5.41, 5.74) is 0. The second-order valence-corrected chi connectivity index (χ2v) is 9.60. The molecule has 0 aliphatic heterocycles. The van der Waals surface area contributed by atoms with E-state index in [2.05, 4.69) is 19.6 Å². The first-order valence-electron chi connectivity index (χ1n) is 1.69. The van der Waals surface area contributed by atoms with Crippen LogP contribution in [0.3, 0.4) is 0 Å². The van der Waals surface area contributed by atoms with E-state index in [0.29, 0.717) is 0 Å². The van der Waals surface area contributed by atoms with Crippen molar-refractivity contribution in [1.82, 2.24) is 0 Å². The number of halogens is 1. The second kappa shape index (κ2) is 3.30. The fraction of sp³-hybridized carbons (Fsp3) is 1.00. The van der Waals surface area contributed by atoms with Crippen molar-refractivity contribution >= 4 is 41.5 Å². The average molecular weight is 135 g/mol. The summed E-state index contributed by atoms with van der Waals surface area (Å²) in [6, 6.07) is 0. The maximum Gasteiger partial charge on any atom is 2.00 e. The van der Waals surface area contributed by atoms with Crippen LogP contribution in [-0.4, -0.2) is 30.4 Å². The van der Waals surface area contributed by atoms with E-state index in [-0.39, 0.29) is 25.9 Å². The molecule has 0 unspecified atom stereocenters. The zero-order valence-corrected chi connectivity index (χ0v) is 7.76. The molecule has 0 aromatic rings. The van der Waals surface area contributed by atoms with Gasteiger partial charge in [0, 0.05) is 0 Å². The van der Waals surface area contributed by atoms with E-state index in [4.69, 9.17) is 11.1 Å². The molecule has 0 aromatic carbocycles. The fourth-order valence-electron chi connectivity index (χ4n) is 0. The summed E-state index contributed by atoms with van der Waals surface area (Å²) >= 11 is 5.67. The molecule has 0 saturated carbocycles. The molecule has 0 rings (SSSR count). The molecule has 0 heterocycles. The summed E-state index contributed by atoms with van der Waals surface area (Å²) in [4.78, 5) is 0. The standard InChI is InChI=1S/C3H9ClSi.Mg.2H/c1-5(2,3)4;;;/h1-3H3;;;/q;+2;2*-1. The van der Waals surface area contributed by atoms with E-state index < -0.39 is 7.38 Å². The third-order valence-corrected chi connectivity index (χ3v) is 0. The van der Waals surface area contributed by atoms with Crippen molar-refractivity contribution in [1.29, 1.82) is 0 Å². The zero-order chi connectivity index (χ0) is 4.50. The third-order valence-electron chi connectivity index (χ3n) is 0. The van der Waals surface area contributed by atoms with Gasteiger partial charge in [0.05, 0.1) is 0 Å². The van der Waals surface area contributed by atoms with Gasteiger partial charge in [0.25, 0.3) is 0 Å². The van der Waals surface area contributed by atoms with E-state index in [1.54, 1.807) is 0 Å². The minimum absolute atomic E-state index is 0. The first-order valence-corrected chi connectivity index (χ1v) is 6.20. The summed E-state index contributed by atoms with van der Waals surface area (Å²) < 4.78 is 0. The largest absolute Gasteiger partial charge is 2.00 e. The number of hydrogen-bond acceptors (Lipinski definition) is 0. The van der Waals surface area contributed by atoms with Gasteiger partial charge in [-0.3, -0.25) is 0 Å². The molecule has 0 fully saturated rings. The first kappa shape index (κ1) is 10.3. The van der Waals surface area contributed by atoms with Gasteiger partial charge < -0.3 is 2.85 Å². The van der Waals surface area contributed by atoms with Crippen LogP contribution in [0, 0.1) is 0 Å². The monoisotopic (exact) mass is 134 g/mol. The minimum Gasteiger partial charge on any atom is -1.00 e. The Bertz CT molecular complexity index is 32.8. The van der Waals surface area contributed by atoms with E-state index in [9.17, 15) is 0 Å². The molecule has 0 nitrogen and oxygen atoms in total.